The summed E-state index contributed by atoms with van der Waals surface area (Å²) in [4.78, 5) is 12.6. The smallest absolute Gasteiger partial charge is 0.150 e. The predicted molar refractivity (Wildman–Crippen MR) is 84.1 cm³/mol. The molecule has 20 heavy (non-hydrogen) atoms. The third-order valence-electron chi connectivity index (χ3n) is 5.95. The fourth-order valence-electron chi connectivity index (χ4n) is 4.42. The van der Waals surface area contributed by atoms with Crippen LogP contribution in [0.3, 0.4) is 0 Å². The molecular weight excluding hydrogens is 388 g/mol. The number of halogens is 2. The molecule has 5 atom stereocenters. The number of hydrogen-bond acceptors (Lipinski definition) is 3. The number of fused-ring (bicyclic) bond motifs is 1. The van der Waals surface area contributed by atoms with E-state index < -0.39 is 19.9 Å². The molecule has 0 aromatic carbocycles. The molecule has 3 aliphatic rings. The van der Waals surface area contributed by atoms with E-state index >= 15 is 0 Å². The van der Waals surface area contributed by atoms with E-state index in [1.807, 2.05) is 13.0 Å². The Kier molecular flexibility index (Phi) is 2.88. The maximum Gasteiger partial charge on any atom is 0.150 e. The molecule has 1 saturated carbocycles. The number of carbonyl (C=O) groups is 1. The lowest BCUT2D eigenvalue weighted by Crippen LogP contribution is -2.65. The zero-order chi connectivity index (χ0) is 15.2. The van der Waals surface area contributed by atoms with Crippen LogP contribution in [0.4, 0.5) is 0 Å². The van der Waals surface area contributed by atoms with E-state index in [1.165, 1.54) is 0 Å². The van der Waals surface area contributed by atoms with Crippen molar-refractivity contribution in [1.82, 2.24) is 0 Å². The number of ether oxygens (including phenoxy) is 1. The zero-order valence-corrected chi connectivity index (χ0v) is 15.3. The Morgan fingerprint density at radius 2 is 1.85 bits per heavy atom. The Morgan fingerprint density at radius 3 is 2.45 bits per heavy atom. The van der Waals surface area contributed by atoms with Crippen LogP contribution < -0.4 is 0 Å². The largest absolute Gasteiger partial charge is 0.385 e. The molecule has 3 rings (SSSR count). The molecule has 1 N–H and O–H groups in total. The summed E-state index contributed by atoms with van der Waals surface area (Å²) in [5.41, 5.74) is -2.06. The molecule has 0 aromatic rings. The molecule has 1 aliphatic heterocycles. The van der Waals surface area contributed by atoms with Crippen LogP contribution in [-0.2, 0) is 9.53 Å². The molecule has 2 unspecified atom stereocenters. The van der Waals surface area contributed by atoms with Crippen LogP contribution in [0.2, 0.25) is 0 Å². The van der Waals surface area contributed by atoms with Crippen molar-refractivity contribution in [2.24, 2.45) is 10.8 Å². The summed E-state index contributed by atoms with van der Waals surface area (Å²) in [7, 11) is 0. The third-order valence-corrected chi connectivity index (χ3v) is 8.15. The van der Waals surface area contributed by atoms with E-state index in [0.717, 1.165) is 0 Å². The van der Waals surface area contributed by atoms with Gasteiger partial charge in [0.1, 0.15) is 10.3 Å². The van der Waals surface area contributed by atoms with E-state index in [4.69, 9.17) is 4.74 Å². The lowest BCUT2D eigenvalue weighted by molar-refractivity contribution is -0.156. The Balaban J connectivity index is 2.23. The van der Waals surface area contributed by atoms with Gasteiger partial charge in [-0.1, -0.05) is 35.9 Å². The van der Waals surface area contributed by atoms with Crippen LogP contribution in [-0.4, -0.2) is 31.4 Å². The van der Waals surface area contributed by atoms with Crippen molar-refractivity contribution in [1.29, 1.82) is 0 Å². The van der Waals surface area contributed by atoms with E-state index in [2.05, 4.69) is 45.7 Å². The number of ketones is 1. The second kappa shape index (κ2) is 3.79. The Labute approximate surface area is 136 Å². The highest BCUT2D eigenvalue weighted by Crippen LogP contribution is 2.72. The molecule has 1 heterocycles. The van der Waals surface area contributed by atoms with Gasteiger partial charge in [-0.3, -0.25) is 4.79 Å². The highest BCUT2D eigenvalue weighted by Gasteiger charge is 2.77. The van der Waals surface area contributed by atoms with Gasteiger partial charge in [0.25, 0.3) is 0 Å². The minimum Gasteiger partial charge on any atom is -0.385 e. The Hall–Kier alpha value is 0.290. The summed E-state index contributed by atoms with van der Waals surface area (Å²) in [6.45, 7) is 7.83. The first kappa shape index (κ1) is 15.2. The van der Waals surface area contributed by atoms with Crippen molar-refractivity contribution in [3.63, 3.8) is 0 Å². The number of carbonyl (C=O) groups excluding carboxylic acids is 1. The van der Waals surface area contributed by atoms with Gasteiger partial charge in [0, 0.05) is 17.3 Å². The van der Waals surface area contributed by atoms with Crippen LogP contribution in [0.5, 0.6) is 0 Å². The van der Waals surface area contributed by atoms with E-state index in [0.29, 0.717) is 12.8 Å². The second-order valence-electron chi connectivity index (χ2n) is 7.33. The number of rotatable bonds is 0. The zero-order valence-electron chi connectivity index (χ0n) is 12.2. The molecule has 2 aliphatic carbocycles. The highest BCUT2D eigenvalue weighted by molar-refractivity contribution is 9.10. The maximum atomic E-state index is 12.6. The van der Waals surface area contributed by atoms with Crippen molar-refractivity contribution in [2.45, 2.75) is 61.1 Å². The van der Waals surface area contributed by atoms with Gasteiger partial charge in [-0.05, 0) is 42.3 Å². The van der Waals surface area contributed by atoms with E-state index in [1.54, 1.807) is 13.0 Å². The molecule has 5 heteroatoms. The first-order valence-corrected chi connectivity index (χ1v) is 8.50. The molecule has 1 spiro atoms. The van der Waals surface area contributed by atoms with Crippen molar-refractivity contribution < 1.29 is 14.6 Å². The second-order valence-corrected chi connectivity index (χ2v) is 10.3. The minimum absolute atomic E-state index is 0.137. The van der Waals surface area contributed by atoms with E-state index in [9.17, 15) is 9.90 Å². The molecule has 2 bridgehead atoms. The summed E-state index contributed by atoms with van der Waals surface area (Å²) < 4.78 is 5.09. The van der Waals surface area contributed by atoms with Crippen molar-refractivity contribution >= 4 is 37.6 Å². The molecule has 0 radical (unpaired) electrons. The van der Waals surface area contributed by atoms with Crippen LogP contribution in [0.25, 0.3) is 0 Å². The van der Waals surface area contributed by atoms with Crippen molar-refractivity contribution in [3.8, 4) is 0 Å². The lowest BCUT2D eigenvalue weighted by Gasteiger charge is -2.57. The summed E-state index contributed by atoms with van der Waals surface area (Å²) in [5.74, 6) is 0.137. The normalized spacial score (nSPS) is 56.8. The molecule has 2 fully saturated rings. The van der Waals surface area contributed by atoms with E-state index in [-0.39, 0.29) is 17.3 Å². The topological polar surface area (TPSA) is 46.5 Å². The molecule has 3 nitrogen and oxygen atoms in total. The molecular formula is C15H20Br2O3. The third kappa shape index (κ3) is 1.46. The molecule has 1 saturated heterocycles. The average Bonchev–Trinajstić information content (AvgIpc) is 2.37. The first-order valence-electron chi connectivity index (χ1n) is 6.91. The molecule has 0 aromatic heterocycles. The minimum atomic E-state index is -1.06. The van der Waals surface area contributed by atoms with Gasteiger partial charge in [-0.2, -0.15) is 0 Å². The summed E-state index contributed by atoms with van der Waals surface area (Å²) in [6.07, 6.45) is 4.39. The van der Waals surface area contributed by atoms with Gasteiger partial charge in [0.15, 0.2) is 0 Å². The molecule has 0 amide bonds. The van der Waals surface area contributed by atoms with Crippen LogP contribution in [0.15, 0.2) is 12.2 Å². The van der Waals surface area contributed by atoms with Gasteiger partial charge in [-0.15, -0.1) is 0 Å². The number of alkyl halides is 2. The summed E-state index contributed by atoms with van der Waals surface area (Å²) in [5, 5.41) is 11.0. The standard InChI is InChI=1S/C15H20Br2O3/c1-11(2)14-7-9(18)12(3,16)8-10(14)20-15(11,17)6-5-13(14,4)19/h5-6,10,19H,7-8H2,1-4H3/t10?,12?,13-,14+,15+/m1/s1. The predicted octanol–water partition coefficient (Wildman–Crippen LogP) is 3.33. The number of aliphatic hydroxyl groups is 1. The van der Waals surface area contributed by atoms with Crippen molar-refractivity contribution in [3.05, 3.63) is 12.2 Å². The quantitative estimate of drug-likeness (QED) is 0.494. The van der Waals surface area contributed by atoms with Gasteiger partial charge >= 0.3 is 0 Å². The van der Waals surface area contributed by atoms with Gasteiger partial charge < -0.3 is 9.84 Å². The average molecular weight is 408 g/mol. The first-order chi connectivity index (χ1) is 8.90. The molecule has 112 valence electrons. The van der Waals surface area contributed by atoms with Gasteiger partial charge in [-0.25, -0.2) is 0 Å². The summed E-state index contributed by atoms with van der Waals surface area (Å²) in [6, 6.07) is 0. The monoisotopic (exact) mass is 406 g/mol. The van der Waals surface area contributed by atoms with Crippen molar-refractivity contribution in [2.75, 3.05) is 0 Å². The van der Waals surface area contributed by atoms with Crippen LogP contribution in [0.1, 0.15) is 40.5 Å². The Morgan fingerprint density at radius 1 is 1.25 bits per heavy atom. The number of Topliss-reactive ketones (excluding diaryl/α,β-unsaturated/α-hetero) is 1. The number of hydrogen-bond donors (Lipinski definition) is 1. The SMILES string of the molecule is CC1(Br)CC2O[C@@]3(Br)C=C[C@@](C)(O)[C@]2(CC1=O)C3(C)C. The van der Waals surface area contributed by atoms with Gasteiger partial charge in [0.2, 0.25) is 0 Å². The fourth-order valence-corrected chi connectivity index (χ4v) is 5.56. The highest BCUT2D eigenvalue weighted by atomic mass is 79.9. The van der Waals surface area contributed by atoms with Gasteiger partial charge in [0.05, 0.1) is 16.0 Å². The summed E-state index contributed by atoms with van der Waals surface area (Å²) >= 11 is 7.24. The maximum absolute atomic E-state index is 12.6. The lowest BCUT2D eigenvalue weighted by atomic mass is 9.47. The fraction of sp³-hybridized carbons (Fsp3) is 0.800. The van der Waals surface area contributed by atoms with Crippen LogP contribution >= 0.6 is 31.9 Å². The van der Waals surface area contributed by atoms with Crippen LogP contribution in [0, 0.1) is 10.8 Å². The Bertz CT molecular complexity index is 523.